The van der Waals surface area contributed by atoms with Crippen molar-refractivity contribution in [2.45, 2.75) is 30.2 Å². The van der Waals surface area contributed by atoms with E-state index in [9.17, 15) is 17.6 Å². The fourth-order valence-corrected chi connectivity index (χ4v) is 4.31. The highest BCUT2D eigenvalue weighted by molar-refractivity contribution is 9.10. The van der Waals surface area contributed by atoms with Crippen LogP contribution < -0.4 is 10.3 Å². The number of fused-ring (bicyclic) bond motifs is 3. The largest absolute Gasteiger partial charge is 0.290 e. The van der Waals surface area contributed by atoms with Gasteiger partial charge in [0, 0.05) is 5.54 Å². The number of aromatic nitrogens is 4. The standard InChI is InChI=1S/C13H11BrFN5O3S/c1-13(2-3-13)19-24(22,23)6-4-7-9(8(15)5-6)20-12(16-10(7)21)17-11(14)18-20/h4-5,19H,2-3H2,1H3,(H,16,17,18,21). The number of rotatable bonds is 3. The molecule has 1 saturated carbocycles. The number of aromatic amines is 1. The molecule has 0 amide bonds. The Morgan fingerprint density at radius 2 is 2.12 bits per heavy atom. The lowest BCUT2D eigenvalue weighted by molar-refractivity contribution is 0.556. The average molecular weight is 416 g/mol. The molecule has 1 aliphatic carbocycles. The molecule has 0 bridgehead atoms. The Morgan fingerprint density at radius 1 is 1.42 bits per heavy atom. The molecule has 3 aromatic rings. The molecule has 2 heterocycles. The number of hydrogen-bond acceptors (Lipinski definition) is 5. The summed E-state index contributed by atoms with van der Waals surface area (Å²) in [5.74, 6) is -0.820. The van der Waals surface area contributed by atoms with Crippen LogP contribution in [0.5, 0.6) is 0 Å². The quantitative estimate of drug-likeness (QED) is 0.669. The van der Waals surface area contributed by atoms with Gasteiger partial charge in [-0.2, -0.15) is 9.50 Å². The number of nitrogens with zero attached hydrogens (tertiary/aromatic N) is 3. The summed E-state index contributed by atoms with van der Waals surface area (Å²) in [7, 11) is -3.93. The highest BCUT2D eigenvalue weighted by Crippen LogP contribution is 2.36. The normalized spacial score (nSPS) is 16.8. The third-order valence-corrected chi connectivity index (χ3v) is 5.94. The molecule has 2 N–H and O–H groups in total. The maximum Gasteiger partial charge on any atom is 0.260 e. The molecule has 0 saturated heterocycles. The minimum atomic E-state index is -3.93. The zero-order chi connectivity index (χ0) is 17.3. The first-order valence-electron chi connectivity index (χ1n) is 7.00. The van der Waals surface area contributed by atoms with Crippen molar-refractivity contribution in [3.8, 4) is 0 Å². The third kappa shape index (κ3) is 2.43. The van der Waals surface area contributed by atoms with E-state index >= 15 is 0 Å². The molecule has 4 rings (SSSR count). The predicted octanol–water partition coefficient (Wildman–Crippen LogP) is 1.30. The second kappa shape index (κ2) is 4.83. The summed E-state index contributed by atoms with van der Waals surface area (Å²) in [4.78, 5) is 18.2. The molecule has 0 radical (unpaired) electrons. The van der Waals surface area contributed by atoms with Gasteiger partial charge in [-0.3, -0.25) is 9.78 Å². The van der Waals surface area contributed by atoms with Gasteiger partial charge in [-0.05, 0) is 47.8 Å². The Hall–Kier alpha value is -1.85. The fraction of sp³-hybridized carbons (Fsp3) is 0.308. The van der Waals surface area contributed by atoms with Crippen molar-refractivity contribution in [3.05, 3.63) is 33.0 Å². The van der Waals surface area contributed by atoms with Crippen molar-refractivity contribution in [1.82, 2.24) is 24.3 Å². The van der Waals surface area contributed by atoms with Crippen LogP contribution >= 0.6 is 15.9 Å². The SMILES string of the molecule is CC1(NS(=O)(=O)c2cc(F)c3c(c2)c(=O)[nH]c2nc(Br)nn23)CC1. The van der Waals surface area contributed by atoms with E-state index in [0.717, 1.165) is 29.5 Å². The van der Waals surface area contributed by atoms with E-state index in [1.165, 1.54) is 0 Å². The molecule has 0 aliphatic heterocycles. The van der Waals surface area contributed by atoms with Gasteiger partial charge < -0.3 is 0 Å². The van der Waals surface area contributed by atoms with Crippen LogP contribution in [0.1, 0.15) is 19.8 Å². The molecule has 24 heavy (non-hydrogen) atoms. The van der Waals surface area contributed by atoms with Crippen molar-refractivity contribution >= 4 is 42.6 Å². The highest BCUT2D eigenvalue weighted by atomic mass is 79.9. The van der Waals surface area contributed by atoms with Crippen molar-refractivity contribution in [2.75, 3.05) is 0 Å². The number of hydrogen-bond donors (Lipinski definition) is 2. The minimum absolute atomic E-state index is 0.0532. The zero-order valence-corrected chi connectivity index (χ0v) is 14.7. The molecule has 1 fully saturated rings. The summed E-state index contributed by atoms with van der Waals surface area (Å²) < 4.78 is 43.3. The summed E-state index contributed by atoms with van der Waals surface area (Å²) >= 11 is 3.05. The molecule has 126 valence electrons. The number of benzene rings is 1. The first-order valence-corrected chi connectivity index (χ1v) is 9.28. The van der Waals surface area contributed by atoms with Gasteiger partial charge in [-0.15, -0.1) is 5.10 Å². The van der Waals surface area contributed by atoms with Crippen LogP contribution in [0.2, 0.25) is 0 Å². The molecule has 0 spiro atoms. The third-order valence-electron chi connectivity index (χ3n) is 3.99. The smallest absolute Gasteiger partial charge is 0.260 e. The lowest BCUT2D eigenvalue weighted by Crippen LogP contribution is -2.34. The zero-order valence-electron chi connectivity index (χ0n) is 12.3. The average Bonchev–Trinajstić information content (AvgIpc) is 3.06. The second-order valence-corrected chi connectivity index (χ2v) is 8.43. The van der Waals surface area contributed by atoms with Crippen molar-refractivity contribution in [2.24, 2.45) is 0 Å². The molecular formula is C13H11BrFN5O3S. The van der Waals surface area contributed by atoms with E-state index in [-0.39, 0.29) is 26.3 Å². The van der Waals surface area contributed by atoms with Gasteiger partial charge in [-0.1, -0.05) is 0 Å². The van der Waals surface area contributed by atoms with Crippen LogP contribution in [0, 0.1) is 5.82 Å². The van der Waals surface area contributed by atoms with Crippen LogP contribution in [0.15, 0.2) is 26.6 Å². The second-order valence-electron chi connectivity index (χ2n) is 6.04. The van der Waals surface area contributed by atoms with Crippen LogP contribution in [0.4, 0.5) is 4.39 Å². The van der Waals surface area contributed by atoms with Gasteiger partial charge in [0.25, 0.3) is 5.56 Å². The van der Waals surface area contributed by atoms with E-state index in [4.69, 9.17) is 0 Å². The van der Waals surface area contributed by atoms with E-state index in [1.807, 2.05) is 0 Å². The summed E-state index contributed by atoms with van der Waals surface area (Å²) in [6.07, 6.45) is 1.44. The Labute approximate surface area is 143 Å². The van der Waals surface area contributed by atoms with Crippen LogP contribution in [-0.2, 0) is 10.0 Å². The van der Waals surface area contributed by atoms with Crippen LogP contribution in [-0.4, -0.2) is 33.5 Å². The van der Waals surface area contributed by atoms with Crippen molar-refractivity contribution in [1.29, 1.82) is 0 Å². The molecule has 2 aromatic heterocycles. The van der Waals surface area contributed by atoms with E-state index in [1.54, 1.807) is 6.92 Å². The summed E-state index contributed by atoms with van der Waals surface area (Å²) in [6.45, 7) is 1.77. The molecule has 0 unspecified atom stereocenters. The predicted molar refractivity (Wildman–Crippen MR) is 86.7 cm³/mol. The summed E-state index contributed by atoms with van der Waals surface area (Å²) in [5.41, 5.74) is -1.29. The highest BCUT2D eigenvalue weighted by Gasteiger charge is 2.41. The molecule has 1 aliphatic rings. The maximum absolute atomic E-state index is 14.6. The Bertz CT molecular complexity index is 1170. The number of halogens is 2. The fourth-order valence-electron chi connectivity index (χ4n) is 2.48. The van der Waals surface area contributed by atoms with E-state index < -0.39 is 26.9 Å². The van der Waals surface area contributed by atoms with E-state index in [0.29, 0.717) is 0 Å². The lowest BCUT2D eigenvalue weighted by atomic mass is 10.2. The van der Waals surface area contributed by atoms with Gasteiger partial charge in [0.05, 0.1) is 10.3 Å². The Morgan fingerprint density at radius 3 is 2.79 bits per heavy atom. The minimum Gasteiger partial charge on any atom is -0.290 e. The molecule has 8 nitrogen and oxygen atoms in total. The van der Waals surface area contributed by atoms with Crippen LogP contribution in [0.25, 0.3) is 16.7 Å². The summed E-state index contributed by atoms with van der Waals surface area (Å²) in [5, 5.41) is 3.83. The Balaban J connectivity index is 1.99. The molecule has 11 heteroatoms. The number of nitrogens with one attached hydrogen (secondary N) is 2. The number of H-pyrrole nitrogens is 1. The molecule has 0 atom stereocenters. The van der Waals surface area contributed by atoms with Gasteiger partial charge in [0.1, 0.15) is 5.52 Å². The van der Waals surface area contributed by atoms with Gasteiger partial charge in [-0.25, -0.2) is 17.5 Å². The van der Waals surface area contributed by atoms with Crippen molar-refractivity contribution in [3.63, 3.8) is 0 Å². The van der Waals surface area contributed by atoms with E-state index in [2.05, 4.69) is 35.7 Å². The monoisotopic (exact) mass is 415 g/mol. The van der Waals surface area contributed by atoms with Gasteiger partial charge in [0.15, 0.2) is 5.82 Å². The van der Waals surface area contributed by atoms with Gasteiger partial charge in [0.2, 0.25) is 20.5 Å². The molecular weight excluding hydrogens is 405 g/mol. The maximum atomic E-state index is 14.6. The molecule has 1 aromatic carbocycles. The Kier molecular flexibility index (Phi) is 3.15. The lowest BCUT2D eigenvalue weighted by Gasteiger charge is -2.13. The number of sulfonamides is 1. The van der Waals surface area contributed by atoms with Crippen LogP contribution in [0.3, 0.4) is 0 Å². The topological polar surface area (TPSA) is 109 Å². The van der Waals surface area contributed by atoms with Crippen molar-refractivity contribution < 1.29 is 12.8 Å². The summed E-state index contributed by atoms with van der Waals surface area (Å²) in [6, 6.07) is 2.02. The first kappa shape index (κ1) is 15.7. The van der Waals surface area contributed by atoms with Gasteiger partial charge >= 0.3 is 0 Å². The first-order chi connectivity index (χ1) is 11.2.